The number of nitrogens with one attached hydrogen (secondary N) is 1. The van der Waals surface area contributed by atoms with Gasteiger partial charge in [0.05, 0.1) is 12.8 Å². The smallest absolute Gasteiger partial charge is 0.262 e. The van der Waals surface area contributed by atoms with Gasteiger partial charge in [-0.25, -0.2) is 0 Å². The fourth-order valence-corrected chi connectivity index (χ4v) is 2.98. The summed E-state index contributed by atoms with van der Waals surface area (Å²) in [5.41, 5.74) is 0.966. The first-order valence-corrected chi connectivity index (χ1v) is 9.20. The van der Waals surface area contributed by atoms with Gasteiger partial charge in [-0.1, -0.05) is 18.2 Å². The van der Waals surface area contributed by atoms with Crippen LogP contribution >= 0.6 is 0 Å². The Balaban J connectivity index is 1.66. The minimum Gasteiger partial charge on any atom is -0.495 e. The van der Waals surface area contributed by atoms with Crippen molar-refractivity contribution in [3.05, 3.63) is 54.1 Å². The molecule has 0 aromatic heterocycles. The Kier molecular flexibility index (Phi) is 6.49. The van der Waals surface area contributed by atoms with Crippen LogP contribution in [0.1, 0.15) is 10.4 Å². The average Bonchev–Trinajstić information content (AvgIpc) is 2.73. The third-order valence-corrected chi connectivity index (χ3v) is 4.62. The Labute approximate surface area is 164 Å². The Morgan fingerprint density at radius 1 is 1.04 bits per heavy atom. The number of benzene rings is 2. The minimum absolute atomic E-state index is 0.0493. The number of amides is 2. The highest BCUT2D eigenvalue weighted by molar-refractivity contribution is 5.98. The van der Waals surface area contributed by atoms with E-state index in [-0.39, 0.29) is 18.4 Å². The van der Waals surface area contributed by atoms with Gasteiger partial charge in [0, 0.05) is 31.7 Å². The molecule has 1 saturated heterocycles. The lowest BCUT2D eigenvalue weighted by molar-refractivity contribution is -0.118. The summed E-state index contributed by atoms with van der Waals surface area (Å²) in [5.74, 6) is 0.727. The van der Waals surface area contributed by atoms with E-state index in [9.17, 15) is 9.59 Å². The molecule has 7 nitrogen and oxygen atoms in total. The van der Waals surface area contributed by atoms with E-state index in [0.29, 0.717) is 35.8 Å². The molecule has 3 rings (SSSR count). The number of rotatable bonds is 6. The maximum absolute atomic E-state index is 12.8. The van der Waals surface area contributed by atoms with Gasteiger partial charge in [0.25, 0.3) is 11.8 Å². The predicted octanol–water partition coefficient (Wildman–Crippen LogP) is 2.10. The highest BCUT2D eigenvalue weighted by Gasteiger charge is 2.21. The third-order valence-electron chi connectivity index (χ3n) is 4.62. The molecule has 0 spiro atoms. The van der Waals surface area contributed by atoms with Crippen molar-refractivity contribution < 1.29 is 19.1 Å². The number of ether oxygens (including phenoxy) is 2. The van der Waals surface area contributed by atoms with Gasteiger partial charge in [0.1, 0.15) is 11.5 Å². The quantitative estimate of drug-likeness (QED) is 0.827. The number of methoxy groups -OCH3 is 1. The van der Waals surface area contributed by atoms with Crippen molar-refractivity contribution in [2.45, 2.75) is 0 Å². The number of carbonyl (C=O) groups excluding carboxylic acids is 2. The first-order chi connectivity index (χ1) is 13.6. The maximum Gasteiger partial charge on any atom is 0.262 e. The topological polar surface area (TPSA) is 71.1 Å². The zero-order chi connectivity index (χ0) is 19.9. The van der Waals surface area contributed by atoms with Crippen molar-refractivity contribution in [2.24, 2.45) is 0 Å². The highest BCUT2D eigenvalue weighted by atomic mass is 16.5. The molecule has 1 N–H and O–H groups in total. The largest absolute Gasteiger partial charge is 0.495 e. The van der Waals surface area contributed by atoms with Crippen LogP contribution in [0.2, 0.25) is 0 Å². The molecule has 2 amide bonds. The zero-order valence-electron chi connectivity index (χ0n) is 16.2. The van der Waals surface area contributed by atoms with Crippen molar-refractivity contribution in [1.29, 1.82) is 0 Å². The monoisotopic (exact) mass is 383 g/mol. The van der Waals surface area contributed by atoms with Gasteiger partial charge in [-0.3, -0.25) is 9.59 Å². The van der Waals surface area contributed by atoms with E-state index in [4.69, 9.17) is 9.47 Å². The number of piperazine rings is 1. The van der Waals surface area contributed by atoms with Crippen LogP contribution in [0.4, 0.5) is 5.69 Å². The minimum atomic E-state index is -0.327. The molecule has 0 aliphatic carbocycles. The molecule has 0 bridgehead atoms. The van der Waals surface area contributed by atoms with Gasteiger partial charge in [-0.05, 0) is 37.4 Å². The average molecular weight is 383 g/mol. The summed E-state index contributed by atoms with van der Waals surface area (Å²) >= 11 is 0. The van der Waals surface area contributed by atoms with E-state index >= 15 is 0 Å². The molecule has 148 valence electrons. The number of para-hydroxylation sites is 1. The summed E-state index contributed by atoms with van der Waals surface area (Å²) in [6.45, 7) is 2.94. The molecule has 2 aromatic carbocycles. The fourth-order valence-electron chi connectivity index (χ4n) is 2.98. The lowest BCUT2D eigenvalue weighted by atomic mass is 10.1. The highest BCUT2D eigenvalue weighted by Crippen LogP contribution is 2.26. The van der Waals surface area contributed by atoms with Crippen LogP contribution in [-0.4, -0.2) is 68.6 Å². The van der Waals surface area contributed by atoms with Gasteiger partial charge in [-0.15, -0.1) is 0 Å². The standard InChI is InChI=1S/C21H25N3O4/c1-23-10-12-24(13-11-23)21(26)16-8-9-19(27-2)18(14-16)22-20(25)15-28-17-6-4-3-5-7-17/h3-9,14H,10-13,15H2,1-2H3,(H,22,25). The third kappa shape index (κ3) is 5.01. The normalized spacial score (nSPS) is 14.4. The van der Waals surface area contributed by atoms with Gasteiger partial charge in [0.15, 0.2) is 6.61 Å². The molecular weight excluding hydrogens is 358 g/mol. The van der Waals surface area contributed by atoms with Crippen molar-refractivity contribution in [2.75, 3.05) is 52.3 Å². The van der Waals surface area contributed by atoms with Crippen molar-refractivity contribution in [1.82, 2.24) is 9.80 Å². The molecular formula is C21H25N3O4. The summed E-state index contributed by atoms with van der Waals surface area (Å²) in [5, 5.41) is 2.77. The molecule has 0 unspecified atom stereocenters. The maximum atomic E-state index is 12.8. The Morgan fingerprint density at radius 2 is 1.75 bits per heavy atom. The predicted molar refractivity (Wildman–Crippen MR) is 107 cm³/mol. The molecule has 1 aliphatic heterocycles. The summed E-state index contributed by atoms with van der Waals surface area (Å²) < 4.78 is 10.8. The summed E-state index contributed by atoms with van der Waals surface area (Å²) in [6.07, 6.45) is 0. The first-order valence-electron chi connectivity index (χ1n) is 9.20. The van der Waals surface area contributed by atoms with E-state index in [1.54, 1.807) is 30.3 Å². The summed E-state index contributed by atoms with van der Waals surface area (Å²) in [4.78, 5) is 29.1. The van der Waals surface area contributed by atoms with Crippen molar-refractivity contribution >= 4 is 17.5 Å². The van der Waals surface area contributed by atoms with Gasteiger partial charge in [-0.2, -0.15) is 0 Å². The molecule has 28 heavy (non-hydrogen) atoms. The Bertz CT molecular complexity index is 818. The summed E-state index contributed by atoms with van der Waals surface area (Å²) in [7, 11) is 3.56. The van der Waals surface area contributed by atoms with Gasteiger partial charge in [0.2, 0.25) is 0 Å². The number of nitrogens with zero attached hydrogens (tertiary/aromatic N) is 2. The Morgan fingerprint density at radius 3 is 2.43 bits per heavy atom. The molecule has 7 heteroatoms. The molecule has 1 heterocycles. The van der Waals surface area contributed by atoms with Gasteiger partial charge < -0.3 is 24.6 Å². The van der Waals surface area contributed by atoms with E-state index in [0.717, 1.165) is 13.1 Å². The van der Waals surface area contributed by atoms with Crippen LogP contribution in [0.15, 0.2) is 48.5 Å². The molecule has 0 atom stereocenters. The molecule has 2 aromatic rings. The number of likely N-dealkylation sites (N-methyl/N-ethyl adjacent to an activating group) is 1. The van der Waals surface area contributed by atoms with Crippen LogP contribution in [-0.2, 0) is 4.79 Å². The molecule has 1 fully saturated rings. The lowest BCUT2D eigenvalue weighted by Gasteiger charge is -2.32. The second kappa shape index (κ2) is 9.23. The van der Waals surface area contributed by atoms with E-state index in [1.165, 1.54) is 7.11 Å². The Hall–Kier alpha value is -3.06. The summed E-state index contributed by atoms with van der Waals surface area (Å²) in [6, 6.07) is 14.2. The van der Waals surface area contributed by atoms with E-state index < -0.39 is 0 Å². The SMILES string of the molecule is COc1ccc(C(=O)N2CCN(C)CC2)cc1NC(=O)COc1ccccc1. The number of hydrogen-bond donors (Lipinski definition) is 1. The molecule has 1 aliphatic rings. The van der Waals surface area contributed by atoms with Crippen LogP contribution in [0.25, 0.3) is 0 Å². The lowest BCUT2D eigenvalue weighted by Crippen LogP contribution is -2.47. The first kappa shape index (κ1) is 19.7. The van der Waals surface area contributed by atoms with Crippen LogP contribution in [0.5, 0.6) is 11.5 Å². The van der Waals surface area contributed by atoms with E-state index in [1.807, 2.05) is 30.1 Å². The van der Waals surface area contributed by atoms with Crippen LogP contribution < -0.4 is 14.8 Å². The second-order valence-electron chi connectivity index (χ2n) is 6.66. The van der Waals surface area contributed by atoms with Crippen molar-refractivity contribution in [3.8, 4) is 11.5 Å². The van der Waals surface area contributed by atoms with E-state index in [2.05, 4.69) is 10.2 Å². The van der Waals surface area contributed by atoms with Gasteiger partial charge >= 0.3 is 0 Å². The van der Waals surface area contributed by atoms with Crippen LogP contribution in [0.3, 0.4) is 0 Å². The number of anilines is 1. The number of carbonyl (C=O) groups is 2. The number of hydrogen-bond acceptors (Lipinski definition) is 5. The van der Waals surface area contributed by atoms with Crippen LogP contribution in [0, 0.1) is 0 Å². The second-order valence-corrected chi connectivity index (χ2v) is 6.66. The fraction of sp³-hybridized carbons (Fsp3) is 0.333. The molecule has 0 radical (unpaired) electrons. The molecule has 0 saturated carbocycles. The van der Waals surface area contributed by atoms with Crippen molar-refractivity contribution in [3.63, 3.8) is 0 Å². The zero-order valence-corrected chi connectivity index (χ0v) is 16.2.